The van der Waals surface area contributed by atoms with Gasteiger partial charge in [-0.15, -0.1) is 0 Å². The van der Waals surface area contributed by atoms with Crippen LogP contribution in [0.3, 0.4) is 0 Å². The highest BCUT2D eigenvalue weighted by molar-refractivity contribution is 5.79. The number of aromatic nitrogens is 4. The summed E-state index contributed by atoms with van der Waals surface area (Å²) in [5, 5.41) is 0. The van der Waals surface area contributed by atoms with Crippen molar-refractivity contribution in [3.8, 4) is 0 Å². The second-order valence-electron chi connectivity index (χ2n) is 3.44. The summed E-state index contributed by atoms with van der Waals surface area (Å²) in [7, 11) is 0. The number of hydrogen-bond acceptors (Lipinski definition) is 4. The van der Waals surface area contributed by atoms with Crippen molar-refractivity contribution < 1.29 is 4.57 Å². The molecule has 0 aliphatic carbocycles. The first kappa shape index (κ1) is 8.74. The van der Waals surface area contributed by atoms with E-state index in [4.69, 9.17) is 11.5 Å². The summed E-state index contributed by atoms with van der Waals surface area (Å²) in [6.45, 7) is 4.11. The first-order valence-corrected chi connectivity index (χ1v) is 4.41. The minimum absolute atomic E-state index is 0.198. The molecule has 0 saturated carbocycles. The first-order valence-electron chi connectivity index (χ1n) is 4.41. The van der Waals surface area contributed by atoms with E-state index in [1.54, 1.807) is 0 Å². The smallest absolute Gasteiger partial charge is 0.309 e. The van der Waals surface area contributed by atoms with Crippen LogP contribution in [0, 0.1) is 0 Å². The van der Waals surface area contributed by atoms with E-state index < -0.39 is 0 Å². The summed E-state index contributed by atoms with van der Waals surface area (Å²) in [5.41, 5.74) is 12.7. The van der Waals surface area contributed by atoms with Gasteiger partial charge in [-0.25, -0.2) is 4.57 Å². The number of anilines is 2. The third kappa shape index (κ3) is 1.15. The zero-order valence-electron chi connectivity index (χ0n) is 8.15. The van der Waals surface area contributed by atoms with Crippen LogP contribution < -0.4 is 16.0 Å². The van der Waals surface area contributed by atoms with Crippen molar-refractivity contribution in [2.75, 3.05) is 11.5 Å². The SMILES string of the molecule is CC(C)[n+]1c[nH]c2c(N)nc(N)nc21. The molecule has 2 heterocycles. The van der Waals surface area contributed by atoms with Crippen molar-refractivity contribution in [1.29, 1.82) is 0 Å². The van der Waals surface area contributed by atoms with Crippen molar-refractivity contribution in [2.24, 2.45) is 0 Å². The number of nitrogens with two attached hydrogens (primary N) is 2. The Morgan fingerprint density at radius 1 is 1.36 bits per heavy atom. The Hall–Kier alpha value is -1.85. The van der Waals surface area contributed by atoms with Gasteiger partial charge in [-0.1, -0.05) is 4.98 Å². The van der Waals surface area contributed by atoms with Crippen LogP contribution in [-0.2, 0) is 0 Å². The van der Waals surface area contributed by atoms with Gasteiger partial charge < -0.3 is 11.5 Å². The van der Waals surface area contributed by atoms with Crippen LogP contribution in [0.5, 0.6) is 0 Å². The number of nitrogens with one attached hydrogen (secondary N) is 1. The Morgan fingerprint density at radius 3 is 2.71 bits per heavy atom. The number of hydrogen-bond donors (Lipinski definition) is 3. The van der Waals surface area contributed by atoms with Gasteiger partial charge in [-0.2, -0.15) is 4.98 Å². The average Bonchev–Trinajstić information content (AvgIpc) is 2.47. The maximum absolute atomic E-state index is 5.69. The van der Waals surface area contributed by atoms with Gasteiger partial charge >= 0.3 is 5.65 Å². The van der Waals surface area contributed by atoms with Crippen molar-refractivity contribution in [1.82, 2.24) is 15.0 Å². The molecule has 74 valence electrons. The summed E-state index contributed by atoms with van der Waals surface area (Å²) in [4.78, 5) is 11.0. The zero-order chi connectivity index (χ0) is 10.3. The number of fused-ring (bicyclic) bond motifs is 1. The summed E-state index contributed by atoms with van der Waals surface area (Å²) >= 11 is 0. The lowest BCUT2D eigenvalue weighted by atomic mass is 10.4. The summed E-state index contributed by atoms with van der Waals surface area (Å²) in [6, 6.07) is 0.303. The lowest BCUT2D eigenvalue weighted by Crippen LogP contribution is -2.35. The van der Waals surface area contributed by atoms with E-state index in [-0.39, 0.29) is 5.95 Å². The molecule has 0 bridgehead atoms. The predicted molar refractivity (Wildman–Crippen MR) is 53.3 cm³/mol. The molecular formula is C8H13N6+. The highest BCUT2D eigenvalue weighted by Crippen LogP contribution is 2.13. The van der Waals surface area contributed by atoms with Gasteiger partial charge in [0.25, 0.3) is 5.95 Å². The van der Waals surface area contributed by atoms with Gasteiger partial charge in [0.05, 0.1) is 6.04 Å². The predicted octanol–water partition coefficient (Wildman–Crippen LogP) is -0.00930. The van der Waals surface area contributed by atoms with E-state index in [2.05, 4.69) is 28.8 Å². The van der Waals surface area contributed by atoms with Gasteiger partial charge in [0.15, 0.2) is 12.1 Å². The van der Waals surface area contributed by atoms with Gasteiger partial charge in [-0.3, -0.25) is 4.98 Å². The Morgan fingerprint density at radius 2 is 2.07 bits per heavy atom. The van der Waals surface area contributed by atoms with E-state index in [0.29, 0.717) is 11.9 Å². The number of rotatable bonds is 1. The molecule has 2 aromatic heterocycles. The standard InChI is InChI=1S/C8H12N6/c1-4(2)14-3-11-5-6(9)12-8(10)13-7(5)14/h3-4H,1-2H3,(H4,9,10,12,13)/p+1. The van der Waals surface area contributed by atoms with Crippen LogP contribution in [-0.4, -0.2) is 15.0 Å². The minimum Gasteiger partial charge on any atom is -0.380 e. The molecule has 0 aliphatic rings. The van der Waals surface area contributed by atoms with Crippen LogP contribution in [0.15, 0.2) is 6.33 Å². The fraction of sp³-hybridized carbons (Fsp3) is 0.375. The fourth-order valence-corrected chi connectivity index (χ4v) is 1.40. The second kappa shape index (κ2) is 2.83. The molecule has 6 nitrogen and oxygen atoms in total. The molecule has 6 heteroatoms. The van der Waals surface area contributed by atoms with Crippen LogP contribution in [0.4, 0.5) is 11.8 Å². The molecule has 2 aromatic rings. The normalized spacial score (nSPS) is 11.4. The number of nitrogen functional groups attached to an aromatic ring is 2. The fourth-order valence-electron chi connectivity index (χ4n) is 1.40. The zero-order valence-corrected chi connectivity index (χ0v) is 8.15. The highest BCUT2D eigenvalue weighted by atomic mass is 15.2. The van der Waals surface area contributed by atoms with E-state index in [1.807, 2.05) is 10.9 Å². The quantitative estimate of drug-likeness (QED) is 0.555. The molecular weight excluding hydrogens is 180 g/mol. The Kier molecular flexibility index (Phi) is 1.77. The molecule has 0 radical (unpaired) electrons. The van der Waals surface area contributed by atoms with Gasteiger partial charge in [0.1, 0.15) is 0 Å². The number of nitrogens with zero attached hydrogens (tertiary/aromatic N) is 3. The number of H-pyrrole nitrogens is 1. The largest absolute Gasteiger partial charge is 0.380 e. The third-order valence-electron chi connectivity index (χ3n) is 2.08. The van der Waals surface area contributed by atoms with E-state index >= 15 is 0 Å². The van der Waals surface area contributed by atoms with Gasteiger partial charge in [-0.05, 0) is 13.8 Å². The van der Waals surface area contributed by atoms with E-state index in [0.717, 1.165) is 11.2 Å². The van der Waals surface area contributed by atoms with Crippen molar-refractivity contribution in [3.63, 3.8) is 0 Å². The maximum Gasteiger partial charge on any atom is 0.309 e. The summed E-state index contributed by atoms with van der Waals surface area (Å²) < 4.78 is 1.96. The number of imidazole rings is 1. The highest BCUT2D eigenvalue weighted by Gasteiger charge is 2.18. The molecule has 2 rings (SSSR count). The monoisotopic (exact) mass is 193 g/mol. The maximum atomic E-state index is 5.69. The molecule has 0 saturated heterocycles. The topological polar surface area (TPSA) is 97.5 Å². The summed E-state index contributed by atoms with van der Waals surface area (Å²) in [6.07, 6.45) is 1.82. The molecule has 0 spiro atoms. The molecule has 14 heavy (non-hydrogen) atoms. The minimum atomic E-state index is 0.198. The van der Waals surface area contributed by atoms with Crippen LogP contribution >= 0.6 is 0 Å². The average molecular weight is 193 g/mol. The molecule has 0 fully saturated rings. The molecule has 0 atom stereocenters. The van der Waals surface area contributed by atoms with Crippen LogP contribution in [0.1, 0.15) is 19.9 Å². The Balaban J connectivity index is 2.78. The van der Waals surface area contributed by atoms with Gasteiger partial charge in [0.2, 0.25) is 5.52 Å². The van der Waals surface area contributed by atoms with E-state index in [9.17, 15) is 0 Å². The van der Waals surface area contributed by atoms with E-state index in [1.165, 1.54) is 0 Å². The third-order valence-corrected chi connectivity index (χ3v) is 2.08. The van der Waals surface area contributed by atoms with Gasteiger partial charge in [0, 0.05) is 0 Å². The van der Waals surface area contributed by atoms with Crippen LogP contribution in [0.2, 0.25) is 0 Å². The molecule has 0 aromatic carbocycles. The summed E-state index contributed by atoms with van der Waals surface area (Å²) in [5.74, 6) is 0.580. The van der Waals surface area contributed by atoms with Crippen LogP contribution in [0.25, 0.3) is 11.2 Å². The molecule has 0 aliphatic heterocycles. The Bertz CT molecular complexity index is 472. The second-order valence-corrected chi connectivity index (χ2v) is 3.44. The lowest BCUT2D eigenvalue weighted by Gasteiger charge is -2.00. The van der Waals surface area contributed by atoms with Crippen molar-refractivity contribution >= 4 is 22.9 Å². The number of aromatic amines is 1. The first-order chi connectivity index (χ1) is 6.59. The Labute approximate surface area is 81.0 Å². The molecule has 5 N–H and O–H groups in total. The van der Waals surface area contributed by atoms with Crippen molar-refractivity contribution in [3.05, 3.63) is 6.33 Å². The molecule has 0 unspecified atom stereocenters. The van der Waals surface area contributed by atoms with Crippen molar-refractivity contribution in [2.45, 2.75) is 19.9 Å². The molecule has 0 amide bonds. The lowest BCUT2D eigenvalue weighted by molar-refractivity contribution is -0.692.